The molecule has 0 saturated heterocycles. The Kier molecular flexibility index (Phi) is 6.10. The molecule has 2 aromatic rings. The van der Waals surface area contributed by atoms with Gasteiger partial charge in [-0.1, -0.05) is 12.1 Å². The third-order valence-corrected chi connectivity index (χ3v) is 3.59. The van der Waals surface area contributed by atoms with Crippen LogP contribution in [0.2, 0.25) is 0 Å². The topological polar surface area (TPSA) is 166 Å². The molecule has 0 aromatic heterocycles. The van der Waals surface area contributed by atoms with Crippen molar-refractivity contribution in [2.24, 2.45) is 5.73 Å². The molecule has 7 N–H and O–H groups in total. The average molecular weight is 370 g/mol. The van der Waals surface area contributed by atoms with E-state index in [1.165, 1.54) is 42.5 Å². The van der Waals surface area contributed by atoms with Crippen LogP contribution in [0.4, 0.5) is 5.69 Å². The van der Waals surface area contributed by atoms with Gasteiger partial charge in [0.05, 0.1) is 12.1 Å². The Morgan fingerprint density at radius 1 is 0.963 bits per heavy atom. The van der Waals surface area contributed by atoms with E-state index in [1.54, 1.807) is 0 Å². The van der Waals surface area contributed by atoms with Gasteiger partial charge in [-0.15, -0.1) is 0 Å². The molecule has 0 aliphatic carbocycles. The molecule has 140 valence electrons. The van der Waals surface area contributed by atoms with Gasteiger partial charge in [-0.25, -0.2) is 0 Å². The number of carbonyl (C=O) groups excluding carboxylic acids is 2. The van der Waals surface area contributed by atoms with Crippen LogP contribution in [0.25, 0.3) is 0 Å². The van der Waals surface area contributed by atoms with E-state index < -0.39 is 17.8 Å². The molecule has 9 heteroatoms. The lowest BCUT2D eigenvalue weighted by molar-refractivity contribution is -0.136. The number of amides is 2. The van der Waals surface area contributed by atoms with Crippen LogP contribution in [0.1, 0.15) is 32.7 Å². The maximum Gasteiger partial charge on any atom is 0.305 e. The lowest BCUT2D eigenvalue weighted by atomic mass is 10.1. The minimum atomic E-state index is -1.04. The highest BCUT2D eigenvalue weighted by atomic mass is 16.4. The maximum absolute atomic E-state index is 12.3. The van der Waals surface area contributed by atoms with E-state index in [0.717, 1.165) is 0 Å². The second-order valence-electron chi connectivity index (χ2n) is 5.58. The number of anilines is 1. The largest absolute Gasteiger partial charge is 0.506 e. The van der Waals surface area contributed by atoms with Gasteiger partial charge in [-0.05, 0) is 30.3 Å². The first-order valence-corrected chi connectivity index (χ1v) is 7.86. The van der Waals surface area contributed by atoms with Gasteiger partial charge in [-0.3, -0.25) is 19.8 Å². The second kappa shape index (κ2) is 8.48. The molecule has 0 bridgehead atoms. The molecule has 0 aliphatic rings. The number of benzene rings is 2. The number of nitrogen functional groups attached to an aromatic ring is 1. The smallest absolute Gasteiger partial charge is 0.305 e. The number of hydrogen-bond donors (Lipinski definition) is 6. The van der Waals surface area contributed by atoms with Crippen LogP contribution in [-0.4, -0.2) is 40.4 Å². The Balaban J connectivity index is 2.11. The van der Waals surface area contributed by atoms with Crippen molar-refractivity contribution in [1.82, 2.24) is 5.32 Å². The first-order valence-electron chi connectivity index (χ1n) is 7.86. The Hall–Kier alpha value is -3.88. The van der Waals surface area contributed by atoms with Gasteiger partial charge < -0.3 is 26.6 Å². The van der Waals surface area contributed by atoms with Crippen molar-refractivity contribution >= 4 is 29.3 Å². The summed E-state index contributed by atoms with van der Waals surface area (Å²) < 4.78 is 0. The lowest BCUT2D eigenvalue weighted by Crippen LogP contribution is -2.26. The average Bonchev–Trinajstić information content (AvgIpc) is 2.63. The first-order chi connectivity index (χ1) is 12.8. The van der Waals surface area contributed by atoms with Crippen LogP contribution in [0.5, 0.6) is 5.75 Å². The fourth-order valence-corrected chi connectivity index (χ4v) is 2.16. The Morgan fingerprint density at radius 2 is 1.56 bits per heavy atom. The summed E-state index contributed by atoms with van der Waals surface area (Å²) in [5.74, 6) is -2.45. The van der Waals surface area contributed by atoms with Crippen molar-refractivity contribution in [2.45, 2.75) is 6.42 Å². The van der Waals surface area contributed by atoms with Crippen LogP contribution >= 0.6 is 0 Å². The molecule has 0 aliphatic heterocycles. The number of phenols is 1. The Morgan fingerprint density at radius 3 is 2.15 bits per heavy atom. The molecule has 2 rings (SSSR count). The zero-order valence-electron chi connectivity index (χ0n) is 14.2. The van der Waals surface area contributed by atoms with Crippen LogP contribution in [-0.2, 0) is 4.79 Å². The van der Waals surface area contributed by atoms with Crippen molar-refractivity contribution in [2.75, 3.05) is 11.9 Å². The minimum Gasteiger partial charge on any atom is -0.506 e. The summed E-state index contributed by atoms with van der Waals surface area (Å²) >= 11 is 0. The highest BCUT2D eigenvalue weighted by Gasteiger charge is 2.13. The van der Waals surface area contributed by atoms with E-state index >= 15 is 0 Å². The van der Waals surface area contributed by atoms with Crippen molar-refractivity contribution in [3.63, 3.8) is 0 Å². The predicted octanol–water partition coefficient (Wildman–Crippen LogP) is 1.13. The molecule has 0 atom stereocenters. The van der Waals surface area contributed by atoms with Gasteiger partial charge in [0.2, 0.25) is 0 Å². The number of aromatic hydroxyl groups is 1. The van der Waals surface area contributed by atoms with E-state index in [0.29, 0.717) is 5.56 Å². The zero-order valence-corrected chi connectivity index (χ0v) is 14.2. The molecule has 27 heavy (non-hydrogen) atoms. The molecule has 0 fully saturated rings. The molecule has 2 aromatic carbocycles. The van der Waals surface area contributed by atoms with Crippen LogP contribution in [0.15, 0.2) is 42.5 Å². The molecule has 0 spiro atoms. The number of carboxylic acid groups (broad SMARTS) is 1. The van der Waals surface area contributed by atoms with Crippen LogP contribution in [0, 0.1) is 5.41 Å². The fraction of sp³-hybridized carbons (Fsp3) is 0.111. The van der Waals surface area contributed by atoms with Crippen LogP contribution < -0.4 is 16.4 Å². The quantitative estimate of drug-likeness (QED) is 0.243. The summed E-state index contributed by atoms with van der Waals surface area (Å²) in [6.07, 6.45) is -0.219. The zero-order chi connectivity index (χ0) is 20.0. The Bertz CT molecular complexity index is 893. The number of amidine groups is 1. The predicted molar refractivity (Wildman–Crippen MR) is 98.1 cm³/mol. The summed E-state index contributed by atoms with van der Waals surface area (Å²) in [6.45, 7) is -0.0424. The van der Waals surface area contributed by atoms with Gasteiger partial charge in [-0.2, -0.15) is 0 Å². The summed E-state index contributed by atoms with van der Waals surface area (Å²) in [7, 11) is 0. The molecular formula is C18H18N4O5. The summed E-state index contributed by atoms with van der Waals surface area (Å²) in [6, 6.07) is 9.88. The maximum atomic E-state index is 12.3. The molecular weight excluding hydrogens is 352 g/mol. The first kappa shape index (κ1) is 19.4. The number of nitrogens with two attached hydrogens (primary N) is 1. The van der Waals surface area contributed by atoms with E-state index in [1.807, 2.05) is 0 Å². The molecule has 2 amide bonds. The second-order valence-corrected chi connectivity index (χ2v) is 5.58. The SMILES string of the molecule is N=C(N)c1ccc(C(=O)Nc2cc(C(=O)NCCC(=O)O)ccc2O)cc1. The van der Waals surface area contributed by atoms with Gasteiger partial charge in [0, 0.05) is 23.2 Å². The van der Waals surface area contributed by atoms with Crippen molar-refractivity contribution in [3.8, 4) is 5.75 Å². The molecule has 9 nitrogen and oxygen atoms in total. The molecule has 0 unspecified atom stereocenters. The number of nitrogens with one attached hydrogen (secondary N) is 3. The number of hydrogen-bond acceptors (Lipinski definition) is 5. The summed E-state index contributed by atoms with van der Waals surface area (Å²) in [5.41, 5.74) is 6.28. The molecule has 0 radical (unpaired) electrons. The van der Waals surface area contributed by atoms with Gasteiger partial charge in [0.25, 0.3) is 11.8 Å². The van der Waals surface area contributed by atoms with E-state index in [2.05, 4.69) is 10.6 Å². The highest BCUT2D eigenvalue weighted by molar-refractivity contribution is 6.06. The van der Waals surface area contributed by atoms with E-state index in [9.17, 15) is 19.5 Å². The van der Waals surface area contributed by atoms with E-state index in [4.69, 9.17) is 16.2 Å². The van der Waals surface area contributed by atoms with Crippen LogP contribution in [0.3, 0.4) is 0 Å². The van der Waals surface area contributed by atoms with E-state index in [-0.39, 0.29) is 41.4 Å². The Labute approximate surface area is 154 Å². The lowest BCUT2D eigenvalue weighted by Gasteiger charge is -2.10. The number of rotatable bonds is 7. The minimum absolute atomic E-state index is 0.0292. The standard InChI is InChI=1S/C18H18N4O5/c19-16(20)10-1-3-11(4-2-10)18(27)22-13-9-12(5-6-14(13)23)17(26)21-8-7-15(24)25/h1-6,9,23H,7-8H2,(H3,19,20)(H,21,26)(H,22,27)(H,24,25). The molecule has 0 heterocycles. The fourth-order valence-electron chi connectivity index (χ4n) is 2.16. The summed E-state index contributed by atoms with van der Waals surface area (Å²) in [5, 5.41) is 30.8. The number of phenolic OH excluding ortho intramolecular Hbond substituents is 1. The number of carbonyl (C=O) groups is 3. The normalized spacial score (nSPS) is 10.1. The van der Waals surface area contributed by atoms with Crippen molar-refractivity contribution in [3.05, 3.63) is 59.2 Å². The number of aliphatic carboxylic acids is 1. The third kappa shape index (κ3) is 5.30. The van der Waals surface area contributed by atoms with Gasteiger partial charge >= 0.3 is 5.97 Å². The van der Waals surface area contributed by atoms with Crippen molar-refractivity contribution < 1.29 is 24.6 Å². The van der Waals surface area contributed by atoms with Gasteiger partial charge in [0.1, 0.15) is 11.6 Å². The highest BCUT2D eigenvalue weighted by Crippen LogP contribution is 2.25. The third-order valence-electron chi connectivity index (χ3n) is 3.59. The summed E-state index contributed by atoms with van der Waals surface area (Å²) in [4.78, 5) is 34.8. The molecule has 0 saturated carbocycles. The van der Waals surface area contributed by atoms with Gasteiger partial charge in [0.15, 0.2) is 0 Å². The number of carboxylic acids is 1. The monoisotopic (exact) mass is 370 g/mol. The van der Waals surface area contributed by atoms with Crippen molar-refractivity contribution in [1.29, 1.82) is 5.41 Å².